The van der Waals surface area contributed by atoms with Crippen molar-refractivity contribution in [1.82, 2.24) is 9.97 Å². The van der Waals surface area contributed by atoms with E-state index in [2.05, 4.69) is 9.97 Å². The van der Waals surface area contributed by atoms with Crippen LogP contribution in [-0.4, -0.2) is 16.6 Å². The van der Waals surface area contributed by atoms with E-state index in [4.69, 9.17) is 44.3 Å². The molecule has 0 bridgehead atoms. The van der Waals surface area contributed by atoms with Crippen molar-refractivity contribution < 1.29 is 9.47 Å². The van der Waals surface area contributed by atoms with Crippen LogP contribution in [0, 0.1) is 0 Å². The van der Waals surface area contributed by atoms with Crippen LogP contribution in [0.15, 0.2) is 24.3 Å². The molecule has 0 aliphatic heterocycles. The Morgan fingerprint density at radius 1 is 1.15 bits per heavy atom. The lowest BCUT2D eigenvalue weighted by Crippen LogP contribution is -2.01. The molecule has 0 N–H and O–H groups in total. The third-order valence-corrected chi connectivity index (χ3v) is 3.28. The van der Waals surface area contributed by atoms with Gasteiger partial charge in [0.1, 0.15) is 22.5 Å². The zero-order chi connectivity index (χ0) is 14.5. The molecule has 0 saturated heterocycles. The highest BCUT2D eigenvalue weighted by molar-refractivity contribution is 6.42. The normalized spacial score (nSPS) is 10.6. The maximum atomic E-state index is 6.05. The molecular weight excluding hydrogens is 323 g/mol. The number of aromatic nitrogens is 2. The van der Waals surface area contributed by atoms with Gasteiger partial charge in [0, 0.05) is 12.7 Å². The van der Waals surface area contributed by atoms with Crippen LogP contribution in [0.1, 0.15) is 12.7 Å². The van der Waals surface area contributed by atoms with Gasteiger partial charge in [-0.05, 0) is 19.1 Å². The third-order valence-electron chi connectivity index (χ3n) is 2.28. The van der Waals surface area contributed by atoms with Crippen LogP contribution in [0.25, 0.3) is 0 Å². The van der Waals surface area contributed by atoms with Crippen molar-refractivity contribution in [2.24, 2.45) is 0 Å². The van der Waals surface area contributed by atoms with Gasteiger partial charge < -0.3 is 9.47 Å². The second-order valence-corrected chi connectivity index (χ2v) is 4.91. The largest absolute Gasteiger partial charge is 0.437 e. The minimum Gasteiger partial charge on any atom is -0.437 e. The molecule has 0 unspecified atom stereocenters. The van der Waals surface area contributed by atoms with E-state index in [-0.39, 0.29) is 17.6 Å². The number of rotatable bonds is 5. The van der Waals surface area contributed by atoms with Gasteiger partial charge in [-0.3, -0.25) is 0 Å². The van der Waals surface area contributed by atoms with Crippen LogP contribution >= 0.6 is 34.8 Å². The molecule has 20 heavy (non-hydrogen) atoms. The first-order chi connectivity index (χ1) is 9.60. The summed E-state index contributed by atoms with van der Waals surface area (Å²) >= 11 is 17.9. The Morgan fingerprint density at radius 3 is 2.70 bits per heavy atom. The molecule has 0 amide bonds. The molecule has 106 valence electrons. The first-order valence-electron chi connectivity index (χ1n) is 5.83. The Hall–Kier alpha value is -1.07. The van der Waals surface area contributed by atoms with E-state index >= 15 is 0 Å². The van der Waals surface area contributed by atoms with Crippen LogP contribution in [-0.2, 0) is 11.3 Å². The molecule has 7 heteroatoms. The molecule has 0 aliphatic carbocycles. The van der Waals surface area contributed by atoms with Gasteiger partial charge in [-0.2, -0.15) is 4.98 Å². The molecule has 0 radical (unpaired) electrons. The molecule has 4 nitrogen and oxygen atoms in total. The summed E-state index contributed by atoms with van der Waals surface area (Å²) in [5.41, 5.74) is 0. The highest BCUT2D eigenvalue weighted by atomic mass is 35.5. The molecule has 1 aromatic carbocycles. The second kappa shape index (κ2) is 7.09. The lowest BCUT2D eigenvalue weighted by atomic mass is 10.3. The predicted octanol–water partition coefficient (Wildman–Crippen LogP) is 4.77. The number of hydrogen-bond acceptors (Lipinski definition) is 4. The van der Waals surface area contributed by atoms with Crippen LogP contribution in [0.5, 0.6) is 11.6 Å². The van der Waals surface area contributed by atoms with Crippen molar-refractivity contribution in [1.29, 1.82) is 0 Å². The molecular formula is C13H11Cl3N2O2. The molecule has 0 saturated carbocycles. The van der Waals surface area contributed by atoms with Gasteiger partial charge in [0.25, 0.3) is 0 Å². The van der Waals surface area contributed by atoms with Crippen LogP contribution < -0.4 is 4.74 Å². The number of nitrogens with zero attached hydrogens (tertiary/aromatic N) is 2. The number of benzene rings is 1. The molecule has 0 spiro atoms. The fraction of sp³-hybridized carbons (Fsp3) is 0.231. The number of halogens is 3. The Morgan fingerprint density at radius 2 is 1.95 bits per heavy atom. The summed E-state index contributed by atoms with van der Waals surface area (Å²) in [7, 11) is 0. The molecule has 2 rings (SSSR count). The maximum Gasteiger partial charge on any atom is 0.224 e. The fourth-order valence-corrected chi connectivity index (χ4v) is 1.95. The maximum absolute atomic E-state index is 6.05. The van der Waals surface area contributed by atoms with Gasteiger partial charge in [0.05, 0.1) is 5.02 Å². The molecule has 0 aliphatic rings. The van der Waals surface area contributed by atoms with Gasteiger partial charge >= 0.3 is 0 Å². The average molecular weight is 334 g/mol. The van der Waals surface area contributed by atoms with E-state index in [0.29, 0.717) is 28.2 Å². The van der Waals surface area contributed by atoms with Gasteiger partial charge in [-0.25, -0.2) is 4.98 Å². The summed E-state index contributed by atoms with van der Waals surface area (Å²) in [6.45, 7) is 2.70. The SMILES string of the molecule is CCOCc1nc(Cl)cc(Oc2cccc(Cl)c2Cl)n1. The monoisotopic (exact) mass is 332 g/mol. The Balaban J connectivity index is 2.24. The van der Waals surface area contributed by atoms with Gasteiger partial charge in [0.2, 0.25) is 5.88 Å². The van der Waals surface area contributed by atoms with Crippen molar-refractivity contribution >= 4 is 34.8 Å². The quantitative estimate of drug-likeness (QED) is 0.740. The Kier molecular flexibility index (Phi) is 5.43. The number of hydrogen-bond donors (Lipinski definition) is 0. The lowest BCUT2D eigenvalue weighted by molar-refractivity contribution is 0.128. The Bertz CT molecular complexity index is 608. The third kappa shape index (κ3) is 3.96. The molecule has 1 heterocycles. The van der Waals surface area contributed by atoms with Crippen molar-refractivity contribution in [2.45, 2.75) is 13.5 Å². The van der Waals surface area contributed by atoms with Gasteiger partial charge in [0.15, 0.2) is 5.82 Å². The first kappa shape index (κ1) is 15.3. The fourth-order valence-electron chi connectivity index (χ4n) is 1.43. The van der Waals surface area contributed by atoms with Crippen molar-refractivity contribution in [2.75, 3.05) is 6.61 Å². The molecule has 1 aromatic heterocycles. The first-order valence-corrected chi connectivity index (χ1v) is 6.96. The smallest absolute Gasteiger partial charge is 0.224 e. The zero-order valence-electron chi connectivity index (χ0n) is 10.6. The molecule has 0 fully saturated rings. The topological polar surface area (TPSA) is 44.2 Å². The molecule has 0 atom stereocenters. The van der Waals surface area contributed by atoms with E-state index in [0.717, 1.165) is 0 Å². The summed E-state index contributed by atoms with van der Waals surface area (Å²) in [5, 5.41) is 0.983. The minimum absolute atomic E-state index is 0.261. The van der Waals surface area contributed by atoms with Crippen LogP contribution in [0.4, 0.5) is 0 Å². The van der Waals surface area contributed by atoms with E-state index < -0.39 is 0 Å². The zero-order valence-corrected chi connectivity index (χ0v) is 12.8. The summed E-state index contributed by atoms with van der Waals surface area (Å²) in [4.78, 5) is 8.24. The van der Waals surface area contributed by atoms with Crippen LogP contribution in [0.3, 0.4) is 0 Å². The van der Waals surface area contributed by atoms with Gasteiger partial charge in [-0.1, -0.05) is 40.9 Å². The van der Waals surface area contributed by atoms with Crippen molar-refractivity contribution in [3.8, 4) is 11.6 Å². The summed E-state index contributed by atoms with van der Waals surface area (Å²) in [6, 6.07) is 6.58. The predicted molar refractivity (Wildman–Crippen MR) is 78.9 cm³/mol. The molecule has 2 aromatic rings. The van der Waals surface area contributed by atoms with E-state index in [1.807, 2.05) is 6.92 Å². The highest BCUT2D eigenvalue weighted by Crippen LogP contribution is 2.34. The highest BCUT2D eigenvalue weighted by Gasteiger charge is 2.10. The number of ether oxygens (including phenoxy) is 2. The lowest BCUT2D eigenvalue weighted by Gasteiger charge is -2.09. The van der Waals surface area contributed by atoms with E-state index in [1.54, 1.807) is 18.2 Å². The van der Waals surface area contributed by atoms with E-state index in [1.165, 1.54) is 6.07 Å². The van der Waals surface area contributed by atoms with Gasteiger partial charge in [-0.15, -0.1) is 0 Å². The Labute approximate surface area is 131 Å². The summed E-state index contributed by atoms with van der Waals surface area (Å²) in [5.74, 6) is 1.12. The summed E-state index contributed by atoms with van der Waals surface area (Å²) in [6.07, 6.45) is 0. The van der Waals surface area contributed by atoms with Crippen molar-refractivity contribution in [3.63, 3.8) is 0 Å². The van der Waals surface area contributed by atoms with E-state index in [9.17, 15) is 0 Å². The second-order valence-electron chi connectivity index (χ2n) is 3.74. The minimum atomic E-state index is 0.261. The van der Waals surface area contributed by atoms with Crippen LogP contribution in [0.2, 0.25) is 15.2 Å². The van der Waals surface area contributed by atoms with Crippen molar-refractivity contribution in [3.05, 3.63) is 45.3 Å². The standard InChI is InChI=1S/C13H11Cl3N2O2/c1-2-19-7-11-17-10(15)6-12(18-11)20-9-5-3-4-8(14)13(9)16/h3-6H,2,7H2,1H3. The summed E-state index contributed by atoms with van der Waals surface area (Å²) < 4.78 is 10.8. The average Bonchev–Trinajstić information content (AvgIpc) is 2.41.